The molecule has 1 aliphatic heterocycles. The third kappa shape index (κ3) is 3.13. The van der Waals surface area contributed by atoms with Crippen LogP contribution >= 0.6 is 0 Å². The number of hydrogen-bond acceptors (Lipinski definition) is 4. The lowest BCUT2D eigenvalue weighted by molar-refractivity contribution is -0.274. The molecule has 0 unspecified atom stereocenters. The molecule has 1 aromatic carbocycles. The van der Waals surface area contributed by atoms with Crippen LogP contribution in [-0.4, -0.2) is 33.8 Å². The van der Waals surface area contributed by atoms with Gasteiger partial charge in [-0.2, -0.15) is 0 Å². The van der Waals surface area contributed by atoms with E-state index in [0.717, 1.165) is 0 Å². The normalized spacial score (nSPS) is 14.5. The largest absolute Gasteiger partial charge is 0.573 e. The van der Waals surface area contributed by atoms with Crippen molar-refractivity contribution in [1.29, 1.82) is 0 Å². The zero-order chi connectivity index (χ0) is 16.6. The second kappa shape index (κ2) is 5.56. The van der Waals surface area contributed by atoms with Crippen molar-refractivity contribution >= 4 is 11.6 Å². The highest BCUT2D eigenvalue weighted by atomic mass is 19.4. The summed E-state index contributed by atoms with van der Waals surface area (Å²) in [6.45, 7) is 0.483. The molecule has 0 radical (unpaired) electrons. The number of benzene rings is 1. The van der Waals surface area contributed by atoms with Gasteiger partial charge >= 0.3 is 6.36 Å². The van der Waals surface area contributed by atoms with E-state index in [1.165, 1.54) is 34.0 Å². The van der Waals surface area contributed by atoms with Gasteiger partial charge in [-0.3, -0.25) is 4.79 Å². The number of carbonyl (C=O) groups excluding carboxylic acids is 1. The van der Waals surface area contributed by atoms with Crippen LogP contribution in [0.15, 0.2) is 24.4 Å². The van der Waals surface area contributed by atoms with E-state index in [1.54, 1.807) is 7.05 Å². The van der Waals surface area contributed by atoms with E-state index in [-0.39, 0.29) is 11.7 Å². The lowest BCUT2D eigenvalue weighted by atomic mass is 10.0. The number of halogens is 3. The summed E-state index contributed by atoms with van der Waals surface area (Å²) in [5.41, 5.74) is 1.53. The summed E-state index contributed by atoms with van der Waals surface area (Å²) >= 11 is 0. The molecule has 1 amide bonds. The van der Waals surface area contributed by atoms with Crippen LogP contribution in [0.1, 0.15) is 22.5 Å². The Hall–Kier alpha value is -2.58. The lowest BCUT2D eigenvalue weighted by Gasteiger charge is -2.29. The van der Waals surface area contributed by atoms with Crippen molar-refractivity contribution in [1.82, 2.24) is 15.0 Å². The molecule has 122 valence electrons. The molecule has 2 heterocycles. The standard InChI is InChI=1S/C14H13F3N4O2/c1-20-12(8-18-19-20)13(22)21-6-2-3-9-7-10(4-5-11(9)21)23-14(15,16)17/h4-5,7-8H,2-3,6H2,1H3. The van der Waals surface area contributed by atoms with Gasteiger partial charge in [0.15, 0.2) is 0 Å². The summed E-state index contributed by atoms with van der Waals surface area (Å²) < 4.78 is 42.2. The number of anilines is 1. The van der Waals surface area contributed by atoms with Gasteiger partial charge in [0.2, 0.25) is 0 Å². The van der Waals surface area contributed by atoms with Crippen LogP contribution in [-0.2, 0) is 13.5 Å². The molecule has 0 saturated heterocycles. The van der Waals surface area contributed by atoms with Gasteiger partial charge in [-0.1, -0.05) is 5.21 Å². The van der Waals surface area contributed by atoms with Crippen LogP contribution < -0.4 is 9.64 Å². The highest BCUT2D eigenvalue weighted by Crippen LogP contribution is 2.33. The zero-order valence-corrected chi connectivity index (χ0v) is 12.2. The van der Waals surface area contributed by atoms with Crippen molar-refractivity contribution in [3.63, 3.8) is 0 Å². The van der Waals surface area contributed by atoms with Crippen LogP contribution in [0, 0.1) is 0 Å². The van der Waals surface area contributed by atoms with Gasteiger partial charge in [-0.25, -0.2) is 4.68 Å². The summed E-state index contributed by atoms with van der Waals surface area (Å²) in [6.07, 6.45) is -2.15. The topological polar surface area (TPSA) is 60.2 Å². The van der Waals surface area contributed by atoms with Crippen LogP contribution in [0.3, 0.4) is 0 Å². The minimum atomic E-state index is -4.74. The molecule has 0 bridgehead atoms. The molecular weight excluding hydrogens is 313 g/mol. The third-order valence-electron chi connectivity index (χ3n) is 3.58. The Morgan fingerprint density at radius 2 is 2.13 bits per heavy atom. The Balaban J connectivity index is 1.91. The molecule has 1 aliphatic rings. The summed E-state index contributed by atoms with van der Waals surface area (Å²) in [4.78, 5) is 14.1. The van der Waals surface area contributed by atoms with Crippen LogP contribution in [0.5, 0.6) is 5.75 Å². The lowest BCUT2D eigenvalue weighted by Crippen LogP contribution is -2.36. The minimum absolute atomic E-state index is 0.284. The quantitative estimate of drug-likeness (QED) is 0.850. The average molecular weight is 326 g/mol. The number of aromatic nitrogens is 3. The Kier molecular flexibility index (Phi) is 3.70. The van der Waals surface area contributed by atoms with E-state index in [9.17, 15) is 18.0 Å². The van der Waals surface area contributed by atoms with Gasteiger partial charge in [0.1, 0.15) is 11.4 Å². The van der Waals surface area contributed by atoms with E-state index in [1.807, 2.05) is 0 Å². The molecule has 23 heavy (non-hydrogen) atoms. The Morgan fingerprint density at radius 3 is 2.78 bits per heavy atom. The molecular formula is C14H13F3N4O2. The number of rotatable bonds is 2. The maximum absolute atomic E-state index is 12.6. The second-order valence-electron chi connectivity index (χ2n) is 5.14. The first-order valence-electron chi connectivity index (χ1n) is 6.90. The number of aryl methyl sites for hydroxylation is 2. The van der Waals surface area contributed by atoms with E-state index in [2.05, 4.69) is 15.0 Å². The first-order chi connectivity index (χ1) is 10.8. The molecule has 0 N–H and O–H groups in total. The fourth-order valence-electron chi connectivity index (χ4n) is 2.60. The van der Waals surface area contributed by atoms with E-state index < -0.39 is 6.36 Å². The molecule has 6 nitrogen and oxygen atoms in total. The number of alkyl halides is 3. The third-order valence-corrected chi connectivity index (χ3v) is 3.58. The monoisotopic (exact) mass is 326 g/mol. The summed E-state index contributed by atoms with van der Waals surface area (Å²) in [7, 11) is 1.60. The van der Waals surface area contributed by atoms with Crippen molar-refractivity contribution in [2.24, 2.45) is 7.05 Å². The van der Waals surface area contributed by atoms with E-state index >= 15 is 0 Å². The molecule has 0 spiro atoms. The smallest absolute Gasteiger partial charge is 0.406 e. The van der Waals surface area contributed by atoms with Gasteiger partial charge in [0.05, 0.1) is 6.20 Å². The van der Waals surface area contributed by atoms with Gasteiger partial charge < -0.3 is 9.64 Å². The average Bonchev–Trinajstić information content (AvgIpc) is 2.90. The summed E-state index contributed by atoms with van der Waals surface area (Å²) in [6, 6.07) is 4.00. The van der Waals surface area contributed by atoms with Crippen molar-refractivity contribution in [2.45, 2.75) is 19.2 Å². The number of ether oxygens (including phenoxy) is 1. The summed E-state index contributed by atoms with van der Waals surface area (Å²) in [5, 5.41) is 7.39. The van der Waals surface area contributed by atoms with Crippen molar-refractivity contribution in [3.05, 3.63) is 35.7 Å². The highest BCUT2D eigenvalue weighted by molar-refractivity contribution is 6.05. The molecule has 2 aromatic rings. The van der Waals surface area contributed by atoms with Gasteiger partial charge in [-0.15, -0.1) is 18.3 Å². The van der Waals surface area contributed by atoms with Gasteiger partial charge in [-0.05, 0) is 36.6 Å². The molecule has 0 atom stereocenters. The van der Waals surface area contributed by atoms with Gasteiger partial charge in [0.25, 0.3) is 5.91 Å². The zero-order valence-electron chi connectivity index (χ0n) is 12.2. The number of carbonyl (C=O) groups is 1. The van der Waals surface area contributed by atoms with Crippen molar-refractivity contribution < 1.29 is 22.7 Å². The molecule has 1 aromatic heterocycles. The van der Waals surface area contributed by atoms with Crippen LogP contribution in [0.25, 0.3) is 0 Å². The fourth-order valence-corrected chi connectivity index (χ4v) is 2.60. The number of fused-ring (bicyclic) bond motifs is 1. The predicted molar refractivity (Wildman–Crippen MR) is 74.1 cm³/mol. The molecule has 0 aliphatic carbocycles. The predicted octanol–water partition coefficient (Wildman–Crippen LogP) is 2.31. The number of amides is 1. The number of hydrogen-bond donors (Lipinski definition) is 0. The minimum Gasteiger partial charge on any atom is -0.406 e. The first kappa shape index (κ1) is 15.3. The first-order valence-corrected chi connectivity index (χ1v) is 6.90. The van der Waals surface area contributed by atoms with Crippen LogP contribution in [0.4, 0.5) is 18.9 Å². The summed E-state index contributed by atoms with van der Waals surface area (Å²) in [5.74, 6) is -0.573. The van der Waals surface area contributed by atoms with E-state index in [4.69, 9.17) is 0 Å². The Labute approximate surface area is 129 Å². The fraction of sp³-hybridized carbons (Fsp3) is 0.357. The molecule has 0 saturated carbocycles. The molecule has 9 heteroatoms. The molecule has 3 rings (SSSR count). The second-order valence-corrected chi connectivity index (χ2v) is 5.14. The van der Waals surface area contributed by atoms with Crippen molar-refractivity contribution in [3.8, 4) is 5.75 Å². The SMILES string of the molecule is Cn1nncc1C(=O)N1CCCc2cc(OC(F)(F)F)ccc21. The Bertz CT molecular complexity index is 742. The van der Waals surface area contributed by atoms with Crippen LogP contribution in [0.2, 0.25) is 0 Å². The van der Waals surface area contributed by atoms with Crippen molar-refractivity contribution in [2.75, 3.05) is 11.4 Å². The highest BCUT2D eigenvalue weighted by Gasteiger charge is 2.32. The maximum Gasteiger partial charge on any atom is 0.573 e. The number of nitrogens with zero attached hydrogens (tertiary/aromatic N) is 4. The van der Waals surface area contributed by atoms with E-state index in [0.29, 0.717) is 36.3 Å². The Morgan fingerprint density at radius 1 is 1.35 bits per heavy atom. The molecule has 0 fully saturated rings. The van der Waals surface area contributed by atoms with Gasteiger partial charge in [0, 0.05) is 19.3 Å². The maximum atomic E-state index is 12.6.